The number of ether oxygens (including phenoxy) is 1. The third kappa shape index (κ3) is 2.94. The number of aromatic nitrogens is 1. The topological polar surface area (TPSA) is 22.1 Å². The molecule has 25 heavy (non-hydrogen) atoms. The predicted octanol–water partition coefficient (Wildman–Crippen LogP) is 5.97. The highest BCUT2D eigenvalue weighted by molar-refractivity contribution is 5.80. The molecule has 0 fully saturated rings. The molecule has 4 rings (SSSR count). The molecule has 0 radical (unpaired) electrons. The minimum absolute atomic E-state index is 0.275. The Hall–Kier alpha value is -3.27. The lowest BCUT2D eigenvalue weighted by Gasteiger charge is -2.12. The number of fused-ring (bicyclic) bond motifs is 1. The van der Waals surface area contributed by atoms with Crippen molar-refractivity contribution in [3.8, 4) is 22.6 Å². The van der Waals surface area contributed by atoms with Gasteiger partial charge in [0.2, 0.25) is 0 Å². The fraction of sp³-hybridized carbons (Fsp3) is 0. The first-order chi connectivity index (χ1) is 12.2. The number of rotatable bonds is 3. The molecule has 3 aromatic carbocycles. The Morgan fingerprint density at radius 2 is 1.52 bits per heavy atom. The molecule has 0 aliphatic heterocycles. The number of pyridine rings is 1. The van der Waals surface area contributed by atoms with E-state index in [1.165, 1.54) is 18.3 Å². The van der Waals surface area contributed by atoms with Gasteiger partial charge >= 0.3 is 0 Å². The molecule has 0 N–H and O–H groups in total. The lowest BCUT2D eigenvalue weighted by Crippen LogP contribution is -1.93. The van der Waals surface area contributed by atoms with Crippen LogP contribution in [0.2, 0.25) is 0 Å². The maximum Gasteiger partial charge on any atom is 0.149 e. The fourth-order valence-electron chi connectivity index (χ4n) is 2.76. The molecule has 122 valence electrons. The third-order valence-corrected chi connectivity index (χ3v) is 3.90. The molecule has 0 bridgehead atoms. The second-order valence-electron chi connectivity index (χ2n) is 5.56. The van der Waals surface area contributed by atoms with Crippen molar-refractivity contribution in [2.75, 3.05) is 0 Å². The molecular formula is C21H13F2NO. The summed E-state index contributed by atoms with van der Waals surface area (Å²) in [6, 6.07) is 20.3. The van der Waals surface area contributed by atoms with Gasteiger partial charge in [-0.05, 0) is 29.8 Å². The quantitative estimate of drug-likeness (QED) is 0.460. The summed E-state index contributed by atoms with van der Waals surface area (Å²) in [7, 11) is 0. The van der Waals surface area contributed by atoms with Crippen LogP contribution < -0.4 is 4.74 Å². The molecule has 0 amide bonds. The zero-order chi connectivity index (χ0) is 17.2. The van der Waals surface area contributed by atoms with Gasteiger partial charge in [0.25, 0.3) is 0 Å². The molecule has 1 heterocycles. The van der Waals surface area contributed by atoms with Crippen LogP contribution in [0.5, 0.6) is 11.5 Å². The van der Waals surface area contributed by atoms with Gasteiger partial charge in [-0.3, -0.25) is 0 Å². The Morgan fingerprint density at radius 3 is 2.36 bits per heavy atom. The van der Waals surface area contributed by atoms with Crippen LogP contribution in [-0.4, -0.2) is 4.98 Å². The molecule has 0 aliphatic rings. The molecule has 0 saturated carbocycles. The molecule has 0 atom stereocenters. The lowest BCUT2D eigenvalue weighted by atomic mass is 10.0. The maximum atomic E-state index is 14.4. The average molecular weight is 333 g/mol. The van der Waals surface area contributed by atoms with Crippen LogP contribution >= 0.6 is 0 Å². The summed E-state index contributed by atoms with van der Waals surface area (Å²) in [6.45, 7) is 0. The second kappa shape index (κ2) is 6.32. The van der Waals surface area contributed by atoms with Crippen LogP contribution in [-0.2, 0) is 0 Å². The van der Waals surface area contributed by atoms with Crippen molar-refractivity contribution >= 4 is 10.9 Å². The van der Waals surface area contributed by atoms with E-state index in [4.69, 9.17) is 4.74 Å². The molecule has 0 unspecified atom stereocenters. The average Bonchev–Trinajstić information content (AvgIpc) is 2.63. The van der Waals surface area contributed by atoms with Gasteiger partial charge in [0.15, 0.2) is 0 Å². The summed E-state index contributed by atoms with van der Waals surface area (Å²) < 4.78 is 34.0. The van der Waals surface area contributed by atoms with Crippen LogP contribution in [0.3, 0.4) is 0 Å². The van der Waals surface area contributed by atoms with Gasteiger partial charge in [0.1, 0.15) is 28.7 Å². The van der Waals surface area contributed by atoms with Gasteiger partial charge in [0, 0.05) is 5.39 Å². The van der Waals surface area contributed by atoms with Crippen LogP contribution in [0, 0.1) is 11.6 Å². The molecule has 1 aromatic heterocycles. The third-order valence-electron chi connectivity index (χ3n) is 3.90. The summed E-state index contributed by atoms with van der Waals surface area (Å²) in [5.74, 6) is 0.0351. The highest BCUT2D eigenvalue weighted by Crippen LogP contribution is 2.35. The molecule has 0 aliphatic carbocycles. The molecule has 4 aromatic rings. The van der Waals surface area contributed by atoms with Crippen molar-refractivity contribution in [3.63, 3.8) is 0 Å². The molecule has 0 saturated heterocycles. The van der Waals surface area contributed by atoms with Crippen molar-refractivity contribution in [1.29, 1.82) is 0 Å². The SMILES string of the molecule is Fc1cccc(Oc2cnc3c(F)cccc3c2)c1-c1ccccc1. The number of hydrogen-bond acceptors (Lipinski definition) is 2. The fourth-order valence-corrected chi connectivity index (χ4v) is 2.76. The Morgan fingerprint density at radius 1 is 0.760 bits per heavy atom. The Kier molecular flexibility index (Phi) is 3.86. The summed E-state index contributed by atoms with van der Waals surface area (Å²) in [6.07, 6.45) is 1.44. The number of benzene rings is 3. The van der Waals surface area contributed by atoms with Gasteiger partial charge in [0.05, 0.1) is 11.8 Å². The van der Waals surface area contributed by atoms with E-state index in [1.54, 1.807) is 30.3 Å². The number of nitrogens with zero attached hydrogens (tertiary/aromatic N) is 1. The highest BCUT2D eigenvalue weighted by atomic mass is 19.1. The van der Waals surface area contributed by atoms with E-state index in [2.05, 4.69) is 4.98 Å². The first-order valence-corrected chi connectivity index (χ1v) is 7.78. The summed E-state index contributed by atoms with van der Waals surface area (Å²) in [5, 5.41) is 0.621. The van der Waals surface area contributed by atoms with E-state index in [9.17, 15) is 8.78 Å². The van der Waals surface area contributed by atoms with E-state index < -0.39 is 0 Å². The first-order valence-electron chi connectivity index (χ1n) is 7.78. The van der Waals surface area contributed by atoms with E-state index in [0.717, 1.165) is 5.56 Å². The van der Waals surface area contributed by atoms with E-state index in [-0.39, 0.29) is 17.2 Å². The Bertz CT molecular complexity index is 1050. The van der Waals surface area contributed by atoms with Crippen molar-refractivity contribution in [2.45, 2.75) is 0 Å². The Balaban J connectivity index is 1.78. The number of hydrogen-bond donors (Lipinski definition) is 0. The lowest BCUT2D eigenvalue weighted by molar-refractivity contribution is 0.478. The molecule has 4 heteroatoms. The number of para-hydroxylation sites is 1. The maximum absolute atomic E-state index is 14.4. The molecule has 2 nitrogen and oxygen atoms in total. The van der Waals surface area contributed by atoms with Crippen molar-refractivity contribution < 1.29 is 13.5 Å². The minimum Gasteiger partial charge on any atom is -0.455 e. The first kappa shape index (κ1) is 15.3. The van der Waals surface area contributed by atoms with Crippen molar-refractivity contribution in [2.24, 2.45) is 0 Å². The zero-order valence-corrected chi connectivity index (χ0v) is 13.1. The van der Waals surface area contributed by atoms with Crippen LogP contribution in [0.1, 0.15) is 0 Å². The van der Waals surface area contributed by atoms with Gasteiger partial charge in [-0.1, -0.05) is 48.5 Å². The van der Waals surface area contributed by atoms with E-state index in [0.29, 0.717) is 22.4 Å². The van der Waals surface area contributed by atoms with Gasteiger partial charge in [-0.15, -0.1) is 0 Å². The predicted molar refractivity (Wildman–Crippen MR) is 93.6 cm³/mol. The van der Waals surface area contributed by atoms with Crippen LogP contribution in [0.25, 0.3) is 22.0 Å². The normalized spacial score (nSPS) is 10.8. The van der Waals surface area contributed by atoms with E-state index in [1.807, 2.05) is 30.3 Å². The van der Waals surface area contributed by atoms with Crippen LogP contribution in [0.15, 0.2) is 79.0 Å². The monoisotopic (exact) mass is 333 g/mol. The van der Waals surface area contributed by atoms with Crippen molar-refractivity contribution in [1.82, 2.24) is 4.98 Å². The summed E-state index contributed by atoms with van der Waals surface area (Å²) in [5.41, 5.74) is 1.37. The van der Waals surface area contributed by atoms with Gasteiger partial charge in [-0.25, -0.2) is 13.8 Å². The second-order valence-corrected chi connectivity index (χ2v) is 5.56. The van der Waals surface area contributed by atoms with Gasteiger partial charge < -0.3 is 4.74 Å². The van der Waals surface area contributed by atoms with Crippen LogP contribution in [0.4, 0.5) is 8.78 Å². The minimum atomic E-state index is -0.389. The standard InChI is InChI=1S/C21H13F2NO/c22-17-9-5-11-19(20(17)14-6-2-1-3-7-14)25-16-12-15-8-4-10-18(23)21(15)24-13-16/h1-13H. The summed E-state index contributed by atoms with van der Waals surface area (Å²) in [4.78, 5) is 4.11. The summed E-state index contributed by atoms with van der Waals surface area (Å²) >= 11 is 0. The zero-order valence-electron chi connectivity index (χ0n) is 13.1. The largest absolute Gasteiger partial charge is 0.455 e. The van der Waals surface area contributed by atoms with Gasteiger partial charge in [-0.2, -0.15) is 0 Å². The smallest absolute Gasteiger partial charge is 0.149 e. The molecular weight excluding hydrogens is 320 g/mol. The van der Waals surface area contributed by atoms with Crippen molar-refractivity contribution in [3.05, 3.63) is 90.6 Å². The molecule has 0 spiro atoms. The number of halogens is 2. The van der Waals surface area contributed by atoms with E-state index >= 15 is 0 Å². The highest BCUT2D eigenvalue weighted by Gasteiger charge is 2.13. The Labute approximate surface area is 143 Å².